The normalized spacial score (nSPS) is 12.5. The zero-order valence-electron chi connectivity index (χ0n) is 17.7. The molecule has 0 saturated carbocycles. The molecule has 0 atom stereocenters. The molecular formula is C22H27N3O6. The predicted molar refractivity (Wildman–Crippen MR) is 112 cm³/mol. The molecule has 1 aromatic carbocycles. The van der Waals surface area contributed by atoms with E-state index < -0.39 is 11.8 Å². The van der Waals surface area contributed by atoms with E-state index in [1.54, 1.807) is 30.3 Å². The number of hydrogen-bond donors (Lipinski definition) is 2. The molecule has 2 aromatic rings. The van der Waals surface area contributed by atoms with Crippen LogP contribution in [-0.4, -0.2) is 48.8 Å². The molecule has 1 aliphatic heterocycles. The van der Waals surface area contributed by atoms with Gasteiger partial charge in [0, 0.05) is 18.4 Å². The molecule has 0 aliphatic carbocycles. The molecule has 0 bridgehead atoms. The highest BCUT2D eigenvalue weighted by Gasteiger charge is 2.17. The molecule has 0 radical (unpaired) electrons. The number of benzene rings is 1. The van der Waals surface area contributed by atoms with Crippen molar-refractivity contribution in [2.24, 2.45) is 0 Å². The van der Waals surface area contributed by atoms with Gasteiger partial charge in [-0.25, -0.2) is 0 Å². The van der Waals surface area contributed by atoms with Crippen LogP contribution in [0.5, 0.6) is 11.5 Å². The number of rotatable bonds is 9. The first-order chi connectivity index (χ1) is 15.0. The van der Waals surface area contributed by atoms with E-state index in [0.29, 0.717) is 42.6 Å². The van der Waals surface area contributed by atoms with Gasteiger partial charge in [-0.05, 0) is 43.4 Å². The quantitative estimate of drug-likeness (QED) is 0.465. The Morgan fingerprint density at radius 1 is 0.935 bits per heavy atom. The summed E-state index contributed by atoms with van der Waals surface area (Å²) in [4.78, 5) is 38.7. The van der Waals surface area contributed by atoms with Crippen molar-refractivity contribution in [2.45, 2.75) is 33.2 Å². The summed E-state index contributed by atoms with van der Waals surface area (Å²) >= 11 is 0. The Morgan fingerprint density at radius 3 is 2.42 bits per heavy atom. The second-order valence-corrected chi connectivity index (χ2v) is 7.01. The number of Topliss-reactive ketones (excluding diaryl/α,β-unsaturated/α-hetero) is 1. The van der Waals surface area contributed by atoms with Crippen molar-refractivity contribution in [2.75, 3.05) is 26.3 Å². The second-order valence-electron chi connectivity index (χ2n) is 7.01. The molecule has 0 spiro atoms. The highest BCUT2D eigenvalue weighted by Crippen LogP contribution is 2.31. The molecule has 0 unspecified atom stereocenters. The number of ether oxygens (including phenoxy) is 2. The van der Waals surface area contributed by atoms with Crippen molar-refractivity contribution in [3.8, 4) is 11.5 Å². The summed E-state index contributed by atoms with van der Waals surface area (Å²) in [6.07, 6.45) is -0.0744. The minimum atomic E-state index is -0.558. The Hall–Kier alpha value is -3.33. The van der Waals surface area contributed by atoms with Crippen molar-refractivity contribution >= 4 is 17.6 Å². The van der Waals surface area contributed by atoms with E-state index in [9.17, 15) is 14.4 Å². The van der Waals surface area contributed by atoms with Crippen LogP contribution < -0.4 is 20.3 Å². The first kappa shape index (κ1) is 22.4. The SMILES string of the molecule is CCN(CC)Cc1ccc(C(=O)NNC(=O)CCC(=O)c2ccc3c(c2)OCCO3)o1. The number of carbonyl (C=O) groups excluding carboxylic acids is 3. The summed E-state index contributed by atoms with van der Waals surface area (Å²) in [5.41, 5.74) is 5.05. The fourth-order valence-corrected chi connectivity index (χ4v) is 3.09. The first-order valence-electron chi connectivity index (χ1n) is 10.3. The van der Waals surface area contributed by atoms with Gasteiger partial charge in [0.2, 0.25) is 5.91 Å². The highest BCUT2D eigenvalue weighted by molar-refractivity contribution is 5.99. The Labute approximate surface area is 180 Å². The number of nitrogens with zero attached hydrogens (tertiary/aromatic N) is 1. The van der Waals surface area contributed by atoms with Crippen molar-refractivity contribution < 1.29 is 28.3 Å². The first-order valence-corrected chi connectivity index (χ1v) is 10.3. The lowest BCUT2D eigenvalue weighted by atomic mass is 10.1. The summed E-state index contributed by atoms with van der Waals surface area (Å²) in [6, 6.07) is 8.23. The number of hydrogen-bond acceptors (Lipinski definition) is 7. The summed E-state index contributed by atoms with van der Waals surface area (Å²) in [6.45, 7) is 7.36. The fraction of sp³-hybridized carbons (Fsp3) is 0.409. The van der Waals surface area contributed by atoms with Crippen LogP contribution >= 0.6 is 0 Å². The molecule has 1 aliphatic rings. The Balaban J connectivity index is 1.43. The molecule has 2 amide bonds. The maximum absolute atomic E-state index is 12.4. The van der Waals surface area contributed by atoms with Crippen molar-refractivity contribution in [3.63, 3.8) is 0 Å². The largest absolute Gasteiger partial charge is 0.486 e. The Morgan fingerprint density at radius 2 is 1.68 bits per heavy atom. The second kappa shape index (κ2) is 10.6. The third-order valence-corrected chi connectivity index (χ3v) is 4.92. The molecule has 9 nitrogen and oxygen atoms in total. The lowest BCUT2D eigenvalue weighted by molar-refractivity contribution is -0.121. The van der Waals surface area contributed by atoms with E-state index >= 15 is 0 Å². The van der Waals surface area contributed by atoms with Crippen LogP contribution in [0.1, 0.15) is 53.4 Å². The van der Waals surface area contributed by atoms with Crippen LogP contribution in [0.3, 0.4) is 0 Å². The van der Waals surface area contributed by atoms with Crippen LogP contribution in [0.2, 0.25) is 0 Å². The predicted octanol–water partition coefficient (Wildman–Crippen LogP) is 2.32. The smallest absolute Gasteiger partial charge is 0.305 e. The lowest BCUT2D eigenvalue weighted by Gasteiger charge is -2.18. The topological polar surface area (TPSA) is 110 Å². The zero-order chi connectivity index (χ0) is 22.2. The molecule has 2 heterocycles. The van der Waals surface area contributed by atoms with Gasteiger partial charge in [-0.1, -0.05) is 13.8 Å². The molecule has 9 heteroatoms. The lowest BCUT2D eigenvalue weighted by Crippen LogP contribution is -2.41. The Bertz CT molecular complexity index is 935. The number of fused-ring (bicyclic) bond motifs is 1. The number of ketones is 1. The molecule has 3 rings (SSSR count). The number of hydrazine groups is 1. The van der Waals surface area contributed by atoms with Crippen molar-refractivity contribution in [1.29, 1.82) is 0 Å². The van der Waals surface area contributed by atoms with Gasteiger partial charge in [-0.2, -0.15) is 0 Å². The summed E-state index contributed by atoms with van der Waals surface area (Å²) in [5.74, 6) is 0.658. The maximum atomic E-state index is 12.4. The van der Waals surface area contributed by atoms with Crippen molar-refractivity contribution in [1.82, 2.24) is 15.8 Å². The molecule has 2 N–H and O–H groups in total. The third-order valence-electron chi connectivity index (χ3n) is 4.92. The van der Waals surface area contributed by atoms with Crippen LogP contribution in [0, 0.1) is 0 Å². The molecular weight excluding hydrogens is 402 g/mol. The summed E-state index contributed by atoms with van der Waals surface area (Å²) in [7, 11) is 0. The average molecular weight is 429 g/mol. The highest BCUT2D eigenvalue weighted by atomic mass is 16.6. The van der Waals surface area contributed by atoms with Crippen LogP contribution in [0.15, 0.2) is 34.7 Å². The number of furan rings is 1. The minimum absolute atomic E-state index is 0.00385. The van der Waals surface area contributed by atoms with Gasteiger partial charge in [-0.3, -0.25) is 30.1 Å². The van der Waals surface area contributed by atoms with Gasteiger partial charge in [0.25, 0.3) is 0 Å². The van der Waals surface area contributed by atoms with Gasteiger partial charge in [0.05, 0.1) is 6.54 Å². The van der Waals surface area contributed by atoms with Gasteiger partial charge in [0.1, 0.15) is 19.0 Å². The van der Waals surface area contributed by atoms with Gasteiger partial charge in [0.15, 0.2) is 23.0 Å². The maximum Gasteiger partial charge on any atom is 0.305 e. The number of nitrogens with one attached hydrogen (secondary N) is 2. The van der Waals surface area contributed by atoms with E-state index in [2.05, 4.69) is 15.8 Å². The molecule has 166 valence electrons. The van der Waals surface area contributed by atoms with Gasteiger partial charge < -0.3 is 13.9 Å². The molecule has 1 aromatic heterocycles. The van der Waals surface area contributed by atoms with E-state index in [-0.39, 0.29) is 24.4 Å². The minimum Gasteiger partial charge on any atom is -0.486 e. The number of carbonyl (C=O) groups is 3. The fourth-order valence-electron chi connectivity index (χ4n) is 3.09. The Kier molecular flexibility index (Phi) is 7.66. The average Bonchev–Trinajstić information content (AvgIpc) is 3.27. The van der Waals surface area contributed by atoms with Gasteiger partial charge >= 0.3 is 5.91 Å². The molecule has 0 saturated heterocycles. The van der Waals surface area contributed by atoms with E-state index in [1.807, 2.05) is 13.8 Å². The molecule has 31 heavy (non-hydrogen) atoms. The van der Waals surface area contributed by atoms with E-state index in [4.69, 9.17) is 13.9 Å². The van der Waals surface area contributed by atoms with Crippen LogP contribution in [0.25, 0.3) is 0 Å². The van der Waals surface area contributed by atoms with Crippen molar-refractivity contribution in [3.05, 3.63) is 47.4 Å². The zero-order valence-corrected chi connectivity index (χ0v) is 17.7. The molecule has 0 fully saturated rings. The summed E-state index contributed by atoms with van der Waals surface area (Å²) in [5, 5.41) is 0. The van der Waals surface area contributed by atoms with E-state index in [0.717, 1.165) is 13.1 Å². The monoisotopic (exact) mass is 429 g/mol. The van der Waals surface area contributed by atoms with Crippen LogP contribution in [-0.2, 0) is 11.3 Å². The van der Waals surface area contributed by atoms with E-state index in [1.165, 1.54) is 0 Å². The summed E-state index contributed by atoms with van der Waals surface area (Å²) < 4.78 is 16.4. The standard InChI is InChI=1S/C22H27N3O6/c1-3-25(4-2)14-16-6-9-19(31-16)22(28)24-23-21(27)10-7-17(26)15-5-8-18-20(13-15)30-12-11-29-18/h5-6,8-9,13H,3-4,7,10-12,14H2,1-2H3,(H,23,27)(H,24,28). The van der Waals surface area contributed by atoms with Gasteiger partial charge in [-0.15, -0.1) is 0 Å². The number of amides is 2. The van der Waals surface area contributed by atoms with Crippen LogP contribution in [0.4, 0.5) is 0 Å². The third kappa shape index (κ3) is 6.08.